The largest absolute Gasteiger partial charge is 0.382 e. The van der Waals surface area contributed by atoms with Gasteiger partial charge in [0.1, 0.15) is 0 Å². The van der Waals surface area contributed by atoms with Crippen molar-refractivity contribution in [2.45, 2.75) is 96.8 Å². The molecular weight excluding hydrogens is 660 g/mol. The molecule has 0 N–H and O–H groups in total. The van der Waals surface area contributed by atoms with Crippen molar-refractivity contribution in [1.82, 2.24) is 0 Å². The van der Waals surface area contributed by atoms with Crippen molar-refractivity contribution in [2.75, 3.05) is 159 Å². The van der Waals surface area contributed by atoms with Crippen molar-refractivity contribution in [3.8, 4) is 0 Å². The second kappa shape index (κ2) is 49.5. The van der Waals surface area contributed by atoms with Crippen LogP contribution in [0, 0.1) is 0 Å². The number of unbranched alkanes of at least 4 members (excludes halogenated alkanes) is 13. The molecule has 0 bridgehead atoms. The van der Waals surface area contributed by atoms with Crippen LogP contribution in [0.5, 0.6) is 0 Å². The lowest BCUT2D eigenvalue weighted by atomic mass is 10.0. The summed E-state index contributed by atoms with van der Waals surface area (Å²) in [5.41, 5.74) is 0. The van der Waals surface area contributed by atoms with Gasteiger partial charge < -0.3 is 56.8 Å². The van der Waals surface area contributed by atoms with Crippen molar-refractivity contribution in [3.05, 3.63) is 0 Å². The summed E-state index contributed by atoms with van der Waals surface area (Å²) >= 11 is 0. The predicted molar refractivity (Wildman–Crippen MR) is 201 cm³/mol. The molecule has 0 aromatic carbocycles. The van der Waals surface area contributed by atoms with Crippen LogP contribution in [0.3, 0.4) is 0 Å². The molecule has 0 aromatic heterocycles. The molecule has 0 aliphatic rings. The first-order valence-corrected chi connectivity index (χ1v) is 20.3. The molecule has 0 spiro atoms. The predicted octanol–water partition coefficient (Wildman–Crippen LogP) is 6.30. The molecule has 0 fully saturated rings. The van der Waals surface area contributed by atoms with E-state index in [4.69, 9.17) is 56.8 Å². The normalized spacial score (nSPS) is 11.6. The summed E-state index contributed by atoms with van der Waals surface area (Å²) in [7, 11) is 1.65. The van der Waals surface area contributed by atoms with E-state index in [1.165, 1.54) is 83.5 Å². The fraction of sp³-hybridized carbons (Fsp3) is 1.00. The smallest absolute Gasteiger partial charge is 0.0701 e. The van der Waals surface area contributed by atoms with E-state index >= 15 is 0 Å². The lowest BCUT2D eigenvalue weighted by molar-refractivity contribution is -0.0280. The quantitative estimate of drug-likeness (QED) is 0.0654. The van der Waals surface area contributed by atoms with Gasteiger partial charge in [0.25, 0.3) is 0 Å². The highest BCUT2D eigenvalue weighted by Crippen LogP contribution is 2.13. The molecule has 308 valence electrons. The highest BCUT2D eigenvalue weighted by atomic mass is 16.6. The molecule has 0 amide bonds. The van der Waals surface area contributed by atoms with E-state index in [1.54, 1.807) is 7.11 Å². The maximum atomic E-state index is 5.68. The SMILES string of the molecule is CCCCCCCCCCCCCCCCOCCOCCOCCOCCOCCOCCOCCOCCOCCOCCOCCOC. The van der Waals surface area contributed by atoms with E-state index in [0.717, 1.165) is 13.0 Å². The first kappa shape index (κ1) is 50.5. The minimum absolute atomic E-state index is 0.522. The average molecular weight is 741 g/mol. The second-order valence-corrected chi connectivity index (χ2v) is 12.3. The summed E-state index contributed by atoms with van der Waals surface area (Å²) in [6, 6.07) is 0. The molecule has 0 heterocycles. The summed E-state index contributed by atoms with van der Waals surface area (Å²) in [6.07, 6.45) is 19.3. The third kappa shape index (κ3) is 49.5. The summed E-state index contributed by atoms with van der Waals surface area (Å²) in [4.78, 5) is 0. The zero-order valence-electron chi connectivity index (χ0n) is 33.1. The monoisotopic (exact) mass is 741 g/mol. The van der Waals surface area contributed by atoms with Crippen molar-refractivity contribution in [2.24, 2.45) is 0 Å². The van der Waals surface area contributed by atoms with E-state index in [0.29, 0.717) is 145 Å². The first-order chi connectivity index (χ1) is 25.4. The van der Waals surface area contributed by atoms with Gasteiger partial charge in [-0.05, 0) is 6.42 Å². The summed E-state index contributed by atoms with van der Waals surface area (Å²) in [5.74, 6) is 0. The van der Waals surface area contributed by atoms with Gasteiger partial charge >= 0.3 is 0 Å². The number of rotatable bonds is 48. The molecule has 0 atom stereocenters. The van der Waals surface area contributed by atoms with Crippen LogP contribution >= 0.6 is 0 Å². The fourth-order valence-electron chi connectivity index (χ4n) is 4.84. The minimum atomic E-state index is 0.522. The minimum Gasteiger partial charge on any atom is -0.382 e. The van der Waals surface area contributed by atoms with Gasteiger partial charge in [-0.1, -0.05) is 90.4 Å². The lowest BCUT2D eigenvalue weighted by Crippen LogP contribution is -2.15. The second-order valence-electron chi connectivity index (χ2n) is 12.3. The van der Waals surface area contributed by atoms with Gasteiger partial charge in [0.15, 0.2) is 0 Å². The van der Waals surface area contributed by atoms with Crippen LogP contribution in [0.2, 0.25) is 0 Å². The maximum absolute atomic E-state index is 5.68. The Labute approximate surface area is 312 Å². The van der Waals surface area contributed by atoms with Crippen LogP contribution in [-0.4, -0.2) is 159 Å². The van der Waals surface area contributed by atoms with Gasteiger partial charge in [0.2, 0.25) is 0 Å². The van der Waals surface area contributed by atoms with Gasteiger partial charge in [-0.15, -0.1) is 0 Å². The average Bonchev–Trinajstić information content (AvgIpc) is 3.14. The molecule has 0 saturated carbocycles. The van der Waals surface area contributed by atoms with Gasteiger partial charge in [-0.25, -0.2) is 0 Å². The molecular formula is C39H80O12. The summed E-state index contributed by atoms with van der Waals surface area (Å²) in [6.45, 7) is 15.2. The summed E-state index contributed by atoms with van der Waals surface area (Å²) < 4.78 is 65.4. The Kier molecular flexibility index (Phi) is 49.1. The van der Waals surface area contributed by atoms with Gasteiger partial charge in [0, 0.05) is 13.7 Å². The van der Waals surface area contributed by atoms with Crippen molar-refractivity contribution in [1.29, 1.82) is 0 Å². The molecule has 0 radical (unpaired) electrons. The Morgan fingerprint density at radius 2 is 0.373 bits per heavy atom. The van der Waals surface area contributed by atoms with Gasteiger partial charge in [-0.3, -0.25) is 0 Å². The van der Waals surface area contributed by atoms with E-state index < -0.39 is 0 Å². The van der Waals surface area contributed by atoms with E-state index in [9.17, 15) is 0 Å². The Bertz CT molecular complexity index is 542. The zero-order valence-corrected chi connectivity index (χ0v) is 33.1. The number of ether oxygens (including phenoxy) is 12. The molecule has 0 aliphatic heterocycles. The van der Waals surface area contributed by atoms with Crippen molar-refractivity contribution in [3.63, 3.8) is 0 Å². The molecule has 0 unspecified atom stereocenters. The maximum Gasteiger partial charge on any atom is 0.0701 e. The third-order valence-electron chi connectivity index (χ3n) is 7.79. The van der Waals surface area contributed by atoms with Crippen LogP contribution < -0.4 is 0 Å². The van der Waals surface area contributed by atoms with Crippen LogP contribution in [0.1, 0.15) is 96.8 Å². The van der Waals surface area contributed by atoms with Crippen LogP contribution in [0.15, 0.2) is 0 Å². The van der Waals surface area contributed by atoms with Crippen molar-refractivity contribution < 1.29 is 56.8 Å². The lowest BCUT2D eigenvalue weighted by Gasteiger charge is -2.09. The molecule has 12 nitrogen and oxygen atoms in total. The standard InChI is InChI=1S/C39H80O12/c1-3-4-5-6-7-8-9-10-11-12-13-14-15-16-17-41-20-21-43-24-25-45-28-29-47-32-33-49-36-37-51-39-38-50-35-34-48-31-30-46-27-26-44-23-22-42-19-18-40-2/h3-39H2,1-2H3. The topological polar surface area (TPSA) is 111 Å². The highest BCUT2D eigenvalue weighted by Gasteiger charge is 1.98. The molecule has 0 aromatic rings. The van der Waals surface area contributed by atoms with Gasteiger partial charge in [0.05, 0.1) is 145 Å². The van der Waals surface area contributed by atoms with Crippen LogP contribution in [-0.2, 0) is 56.8 Å². The van der Waals surface area contributed by atoms with E-state index in [2.05, 4.69) is 6.92 Å². The molecule has 0 aliphatic carbocycles. The van der Waals surface area contributed by atoms with Gasteiger partial charge in [-0.2, -0.15) is 0 Å². The van der Waals surface area contributed by atoms with Crippen molar-refractivity contribution >= 4 is 0 Å². The number of methoxy groups -OCH3 is 1. The fourth-order valence-corrected chi connectivity index (χ4v) is 4.84. The Balaban J connectivity index is 3.04. The molecule has 0 rings (SSSR count). The third-order valence-corrected chi connectivity index (χ3v) is 7.79. The van der Waals surface area contributed by atoms with E-state index in [-0.39, 0.29) is 0 Å². The Morgan fingerprint density at radius 3 is 0.588 bits per heavy atom. The molecule has 0 saturated heterocycles. The summed E-state index contributed by atoms with van der Waals surface area (Å²) in [5, 5.41) is 0. The molecule has 12 heteroatoms. The van der Waals surface area contributed by atoms with E-state index in [1.807, 2.05) is 0 Å². The first-order valence-electron chi connectivity index (χ1n) is 20.3. The van der Waals surface area contributed by atoms with Crippen LogP contribution in [0.25, 0.3) is 0 Å². The Hall–Kier alpha value is -0.480. The molecule has 51 heavy (non-hydrogen) atoms. The number of hydrogen-bond donors (Lipinski definition) is 0. The zero-order chi connectivity index (χ0) is 36.6. The number of hydrogen-bond acceptors (Lipinski definition) is 12. The van der Waals surface area contributed by atoms with Crippen LogP contribution in [0.4, 0.5) is 0 Å². The highest BCUT2D eigenvalue weighted by molar-refractivity contribution is 4.49. The Morgan fingerprint density at radius 1 is 0.196 bits per heavy atom.